The summed E-state index contributed by atoms with van der Waals surface area (Å²) in [5, 5.41) is 3.89. The Morgan fingerprint density at radius 2 is 2.16 bits per heavy atom. The highest BCUT2D eigenvalue weighted by Gasteiger charge is 2.21. The molecule has 0 aliphatic carbocycles. The molecule has 2 rings (SSSR count). The zero-order chi connectivity index (χ0) is 13.7. The average Bonchev–Trinajstić information content (AvgIpc) is 2.40. The number of nitrogens with zero attached hydrogens (tertiary/aromatic N) is 1. The van der Waals surface area contributed by atoms with Gasteiger partial charge in [0.2, 0.25) is 0 Å². The van der Waals surface area contributed by atoms with E-state index in [2.05, 4.69) is 10.2 Å². The Bertz CT molecular complexity index is 417. The van der Waals surface area contributed by atoms with Crippen LogP contribution in [0, 0.1) is 5.92 Å². The lowest BCUT2D eigenvalue weighted by Crippen LogP contribution is -2.41. The number of likely N-dealkylation sites (tertiary alicyclic amines) is 1. The first-order valence-electron chi connectivity index (χ1n) is 6.85. The molecule has 0 radical (unpaired) electrons. The third-order valence-corrected chi connectivity index (χ3v) is 3.88. The minimum Gasteiger partial charge on any atom is -0.319 e. The summed E-state index contributed by atoms with van der Waals surface area (Å²) in [5.41, 5.74) is 0.750. The fourth-order valence-corrected chi connectivity index (χ4v) is 2.81. The van der Waals surface area contributed by atoms with Crippen molar-refractivity contribution in [3.8, 4) is 0 Å². The number of ketones is 1. The molecule has 104 valence electrons. The number of carbonyl (C=O) groups excluding carboxylic acids is 1. The van der Waals surface area contributed by atoms with Crippen LogP contribution in [0.25, 0.3) is 0 Å². The lowest BCUT2D eigenvalue weighted by atomic mass is 9.97. The van der Waals surface area contributed by atoms with E-state index in [1.807, 2.05) is 7.05 Å². The van der Waals surface area contributed by atoms with Crippen molar-refractivity contribution in [3.63, 3.8) is 0 Å². The number of piperidine rings is 1. The van der Waals surface area contributed by atoms with Crippen molar-refractivity contribution in [2.45, 2.75) is 12.8 Å². The van der Waals surface area contributed by atoms with Gasteiger partial charge in [-0.1, -0.05) is 11.6 Å². The number of Topliss-reactive ketones (excluding diaryl/α,β-unsaturated/α-hetero) is 1. The summed E-state index contributed by atoms with van der Waals surface area (Å²) in [6, 6.07) is 7.16. The van der Waals surface area contributed by atoms with E-state index < -0.39 is 0 Å². The number of hydrogen-bond donors (Lipinski definition) is 1. The Balaban J connectivity index is 1.89. The zero-order valence-corrected chi connectivity index (χ0v) is 12.1. The Morgan fingerprint density at radius 3 is 2.84 bits per heavy atom. The van der Waals surface area contributed by atoms with Crippen LogP contribution in [0.15, 0.2) is 24.3 Å². The molecule has 1 aromatic carbocycles. The van der Waals surface area contributed by atoms with E-state index in [1.54, 1.807) is 24.3 Å². The Hall–Kier alpha value is -0.900. The lowest BCUT2D eigenvalue weighted by Gasteiger charge is -2.32. The lowest BCUT2D eigenvalue weighted by molar-refractivity contribution is 0.0886. The molecule has 1 atom stereocenters. The van der Waals surface area contributed by atoms with Crippen LogP contribution in [0.2, 0.25) is 5.02 Å². The molecule has 0 aromatic heterocycles. The van der Waals surface area contributed by atoms with Crippen molar-refractivity contribution in [2.75, 3.05) is 33.2 Å². The van der Waals surface area contributed by atoms with Crippen LogP contribution in [-0.4, -0.2) is 43.9 Å². The van der Waals surface area contributed by atoms with Gasteiger partial charge in [0.15, 0.2) is 5.78 Å². The van der Waals surface area contributed by atoms with Crippen LogP contribution >= 0.6 is 11.6 Å². The van der Waals surface area contributed by atoms with Crippen molar-refractivity contribution in [2.24, 2.45) is 5.92 Å². The van der Waals surface area contributed by atoms with Crippen LogP contribution in [0.3, 0.4) is 0 Å². The number of hydrogen-bond acceptors (Lipinski definition) is 3. The van der Waals surface area contributed by atoms with Gasteiger partial charge < -0.3 is 5.32 Å². The van der Waals surface area contributed by atoms with Gasteiger partial charge in [0, 0.05) is 17.1 Å². The molecule has 1 fully saturated rings. The van der Waals surface area contributed by atoms with Crippen LogP contribution in [-0.2, 0) is 0 Å². The fraction of sp³-hybridized carbons (Fsp3) is 0.533. The Morgan fingerprint density at radius 1 is 1.42 bits per heavy atom. The zero-order valence-electron chi connectivity index (χ0n) is 11.4. The average molecular weight is 281 g/mol. The predicted molar refractivity (Wildman–Crippen MR) is 78.9 cm³/mol. The summed E-state index contributed by atoms with van der Waals surface area (Å²) in [6.45, 7) is 3.59. The second-order valence-electron chi connectivity index (χ2n) is 5.23. The van der Waals surface area contributed by atoms with E-state index in [9.17, 15) is 4.79 Å². The first-order valence-corrected chi connectivity index (χ1v) is 7.22. The SMILES string of the molecule is CNCC1CCCN(CC(=O)c2ccc(Cl)cc2)C1. The van der Waals surface area contributed by atoms with Crippen LogP contribution < -0.4 is 5.32 Å². The molecule has 0 bridgehead atoms. The van der Waals surface area contributed by atoms with E-state index in [4.69, 9.17) is 11.6 Å². The van der Waals surface area contributed by atoms with E-state index in [1.165, 1.54) is 12.8 Å². The molecule has 1 unspecified atom stereocenters. The molecule has 0 saturated carbocycles. The molecule has 19 heavy (non-hydrogen) atoms. The standard InChI is InChI=1S/C15H21ClN2O/c1-17-9-12-3-2-8-18(10-12)11-15(19)13-4-6-14(16)7-5-13/h4-7,12,17H,2-3,8-11H2,1H3. The van der Waals surface area contributed by atoms with Crippen molar-refractivity contribution < 1.29 is 4.79 Å². The smallest absolute Gasteiger partial charge is 0.176 e. The summed E-state index contributed by atoms with van der Waals surface area (Å²) in [4.78, 5) is 14.5. The largest absolute Gasteiger partial charge is 0.319 e. The maximum atomic E-state index is 12.2. The molecule has 1 aromatic rings. The van der Waals surface area contributed by atoms with Gasteiger partial charge in [0.25, 0.3) is 0 Å². The molecule has 4 heteroatoms. The van der Waals surface area contributed by atoms with Gasteiger partial charge in [-0.15, -0.1) is 0 Å². The number of rotatable bonds is 5. The van der Waals surface area contributed by atoms with Crippen LogP contribution in [0.5, 0.6) is 0 Å². The molecule has 0 amide bonds. The number of benzene rings is 1. The molecule has 0 spiro atoms. The topological polar surface area (TPSA) is 32.3 Å². The summed E-state index contributed by atoms with van der Waals surface area (Å²) in [6.07, 6.45) is 2.44. The van der Waals surface area contributed by atoms with Crippen molar-refractivity contribution in [1.82, 2.24) is 10.2 Å². The van der Waals surface area contributed by atoms with Crippen molar-refractivity contribution >= 4 is 17.4 Å². The summed E-state index contributed by atoms with van der Waals surface area (Å²) < 4.78 is 0. The van der Waals surface area contributed by atoms with Gasteiger partial charge in [-0.25, -0.2) is 0 Å². The molecule has 3 nitrogen and oxygen atoms in total. The van der Waals surface area contributed by atoms with Gasteiger partial charge in [0.1, 0.15) is 0 Å². The van der Waals surface area contributed by atoms with Crippen molar-refractivity contribution in [3.05, 3.63) is 34.9 Å². The predicted octanol–water partition coefficient (Wildman–Crippen LogP) is 2.45. The minimum atomic E-state index is 0.182. The minimum absolute atomic E-state index is 0.182. The summed E-state index contributed by atoms with van der Waals surface area (Å²) >= 11 is 5.83. The van der Waals surface area contributed by atoms with Crippen LogP contribution in [0.4, 0.5) is 0 Å². The first kappa shape index (κ1) is 14.5. The molecular formula is C15H21ClN2O. The molecule has 1 N–H and O–H groups in total. The second-order valence-corrected chi connectivity index (χ2v) is 5.67. The fourth-order valence-electron chi connectivity index (χ4n) is 2.68. The Kier molecular flexibility index (Phi) is 5.37. The van der Waals surface area contributed by atoms with Crippen molar-refractivity contribution in [1.29, 1.82) is 0 Å². The highest BCUT2D eigenvalue weighted by atomic mass is 35.5. The number of carbonyl (C=O) groups is 1. The summed E-state index contributed by atoms with van der Waals surface area (Å²) in [5.74, 6) is 0.846. The van der Waals surface area contributed by atoms with Gasteiger partial charge >= 0.3 is 0 Å². The highest BCUT2D eigenvalue weighted by molar-refractivity contribution is 6.30. The molecular weight excluding hydrogens is 260 g/mol. The maximum absolute atomic E-state index is 12.2. The summed E-state index contributed by atoms with van der Waals surface area (Å²) in [7, 11) is 1.98. The third kappa shape index (κ3) is 4.30. The number of nitrogens with one attached hydrogen (secondary N) is 1. The van der Waals surface area contributed by atoms with Gasteiger partial charge in [-0.05, 0) is 63.2 Å². The quantitative estimate of drug-likeness (QED) is 0.841. The second kappa shape index (κ2) is 7.04. The molecule has 1 saturated heterocycles. The Labute approximate surface area is 119 Å². The normalized spacial score (nSPS) is 20.4. The van der Waals surface area contributed by atoms with Gasteiger partial charge in [-0.3, -0.25) is 9.69 Å². The maximum Gasteiger partial charge on any atom is 0.176 e. The van der Waals surface area contributed by atoms with E-state index in [0.29, 0.717) is 17.5 Å². The van der Waals surface area contributed by atoms with E-state index in [0.717, 1.165) is 25.2 Å². The molecule has 1 heterocycles. The molecule has 1 aliphatic rings. The highest BCUT2D eigenvalue weighted by Crippen LogP contribution is 2.16. The van der Waals surface area contributed by atoms with Gasteiger partial charge in [0.05, 0.1) is 6.54 Å². The monoisotopic (exact) mass is 280 g/mol. The van der Waals surface area contributed by atoms with Gasteiger partial charge in [-0.2, -0.15) is 0 Å². The van der Waals surface area contributed by atoms with Crippen LogP contribution in [0.1, 0.15) is 23.2 Å². The van der Waals surface area contributed by atoms with E-state index in [-0.39, 0.29) is 5.78 Å². The third-order valence-electron chi connectivity index (χ3n) is 3.63. The first-order chi connectivity index (χ1) is 9.19. The van der Waals surface area contributed by atoms with E-state index >= 15 is 0 Å². The molecule has 1 aliphatic heterocycles. The number of halogens is 1.